The van der Waals surface area contributed by atoms with Gasteiger partial charge in [0, 0.05) is 18.7 Å². The van der Waals surface area contributed by atoms with Crippen LogP contribution in [0.15, 0.2) is 18.2 Å². The molecular formula is C16H22FNO3. The van der Waals surface area contributed by atoms with Gasteiger partial charge in [0.05, 0.1) is 18.6 Å². The Morgan fingerprint density at radius 3 is 3.00 bits per heavy atom. The number of rotatable bonds is 5. The molecule has 1 saturated heterocycles. The van der Waals surface area contributed by atoms with Crippen LogP contribution in [-0.4, -0.2) is 23.7 Å². The van der Waals surface area contributed by atoms with Crippen molar-refractivity contribution in [1.29, 1.82) is 0 Å². The van der Waals surface area contributed by atoms with Crippen LogP contribution in [0.25, 0.3) is 0 Å². The largest absolute Gasteiger partial charge is 0.392 e. The maximum atomic E-state index is 13.6. The predicted octanol–water partition coefficient (Wildman–Crippen LogP) is 2.14. The first-order valence-corrected chi connectivity index (χ1v) is 7.43. The van der Waals surface area contributed by atoms with Gasteiger partial charge < -0.3 is 15.2 Å². The van der Waals surface area contributed by atoms with Gasteiger partial charge in [-0.25, -0.2) is 4.39 Å². The van der Waals surface area contributed by atoms with E-state index in [9.17, 15) is 9.18 Å². The maximum Gasteiger partial charge on any atom is 0.225 e. The Kier molecular flexibility index (Phi) is 5.70. The summed E-state index contributed by atoms with van der Waals surface area (Å²) in [6, 6.07) is 4.60. The summed E-state index contributed by atoms with van der Waals surface area (Å²) in [6.45, 7) is 2.69. The lowest BCUT2D eigenvalue weighted by Gasteiger charge is -2.30. The highest BCUT2D eigenvalue weighted by Gasteiger charge is 2.30. The fraction of sp³-hybridized carbons (Fsp3) is 0.562. The van der Waals surface area contributed by atoms with Gasteiger partial charge in [0.1, 0.15) is 5.82 Å². The van der Waals surface area contributed by atoms with E-state index in [1.54, 1.807) is 6.07 Å². The molecule has 1 aromatic carbocycles. The van der Waals surface area contributed by atoms with Crippen LogP contribution in [-0.2, 0) is 22.7 Å². The van der Waals surface area contributed by atoms with Crippen LogP contribution in [0.5, 0.6) is 0 Å². The molecule has 0 bridgehead atoms. The Hall–Kier alpha value is -1.46. The first-order valence-electron chi connectivity index (χ1n) is 7.43. The molecule has 1 aromatic rings. The number of amides is 1. The zero-order chi connectivity index (χ0) is 15.2. The molecule has 116 valence electrons. The number of carbonyl (C=O) groups excluding carboxylic acids is 1. The van der Waals surface area contributed by atoms with Crippen molar-refractivity contribution in [3.63, 3.8) is 0 Å². The summed E-state index contributed by atoms with van der Waals surface area (Å²) in [5, 5.41) is 11.8. The molecule has 0 aliphatic carbocycles. The van der Waals surface area contributed by atoms with E-state index in [4.69, 9.17) is 9.84 Å². The van der Waals surface area contributed by atoms with Gasteiger partial charge in [-0.1, -0.05) is 19.1 Å². The second kappa shape index (κ2) is 7.52. The Morgan fingerprint density at radius 1 is 1.52 bits per heavy atom. The number of aliphatic hydroxyl groups excluding tert-OH is 1. The van der Waals surface area contributed by atoms with Crippen LogP contribution in [0.4, 0.5) is 4.39 Å². The fourth-order valence-corrected chi connectivity index (χ4v) is 2.69. The van der Waals surface area contributed by atoms with Gasteiger partial charge in [0.15, 0.2) is 0 Å². The highest BCUT2D eigenvalue weighted by atomic mass is 19.1. The summed E-state index contributed by atoms with van der Waals surface area (Å²) in [7, 11) is 0. The summed E-state index contributed by atoms with van der Waals surface area (Å²) in [4.78, 5) is 12.2. The van der Waals surface area contributed by atoms with Gasteiger partial charge >= 0.3 is 0 Å². The van der Waals surface area contributed by atoms with E-state index in [0.29, 0.717) is 5.56 Å². The quantitative estimate of drug-likeness (QED) is 0.875. The zero-order valence-electron chi connectivity index (χ0n) is 12.3. The number of benzene rings is 1. The molecule has 2 rings (SSSR count). The molecule has 1 aliphatic heterocycles. The van der Waals surface area contributed by atoms with Gasteiger partial charge in [-0.3, -0.25) is 4.79 Å². The van der Waals surface area contributed by atoms with Crippen molar-refractivity contribution in [3.05, 3.63) is 35.1 Å². The maximum absolute atomic E-state index is 13.6. The van der Waals surface area contributed by atoms with Crippen molar-refractivity contribution in [2.45, 2.75) is 45.4 Å². The highest BCUT2D eigenvalue weighted by molar-refractivity contribution is 5.79. The molecule has 1 amide bonds. The first-order chi connectivity index (χ1) is 10.2. The summed E-state index contributed by atoms with van der Waals surface area (Å²) >= 11 is 0. The molecule has 0 saturated carbocycles. The minimum absolute atomic E-state index is 0.0211. The lowest BCUT2D eigenvalue weighted by molar-refractivity contribution is -0.134. The average Bonchev–Trinajstić information content (AvgIpc) is 2.52. The molecular weight excluding hydrogens is 273 g/mol. The molecule has 1 heterocycles. The normalized spacial score (nSPS) is 22.0. The SMILES string of the molecule is CC[C@@H]1OCCC[C@H]1C(=O)NCc1ccc(CO)c(F)c1. The van der Waals surface area contributed by atoms with Crippen molar-refractivity contribution >= 4 is 5.91 Å². The lowest BCUT2D eigenvalue weighted by atomic mass is 9.92. The first kappa shape index (κ1) is 15.9. The van der Waals surface area contributed by atoms with Crippen LogP contribution in [0.2, 0.25) is 0 Å². The Balaban J connectivity index is 1.92. The summed E-state index contributed by atoms with van der Waals surface area (Å²) in [5.74, 6) is -0.602. The van der Waals surface area contributed by atoms with Crippen LogP contribution < -0.4 is 5.32 Å². The molecule has 2 atom stereocenters. The molecule has 0 spiro atoms. The van der Waals surface area contributed by atoms with Crippen LogP contribution in [0, 0.1) is 11.7 Å². The van der Waals surface area contributed by atoms with Gasteiger partial charge in [-0.2, -0.15) is 0 Å². The van der Waals surface area contributed by atoms with Crippen molar-refractivity contribution in [2.75, 3.05) is 6.61 Å². The third-order valence-corrected chi connectivity index (χ3v) is 3.93. The topological polar surface area (TPSA) is 58.6 Å². The number of aliphatic hydroxyl groups is 1. The zero-order valence-corrected chi connectivity index (χ0v) is 12.3. The van der Waals surface area contributed by atoms with E-state index in [2.05, 4.69) is 5.32 Å². The van der Waals surface area contributed by atoms with E-state index in [-0.39, 0.29) is 36.6 Å². The number of ether oxygens (including phenoxy) is 1. The number of nitrogens with one attached hydrogen (secondary N) is 1. The molecule has 2 N–H and O–H groups in total. The average molecular weight is 295 g/mol. The van der Waals surface area contributed by atoms with Gasteiger partial charge in [0.25, 0.3) is 0 Å². The third-order valence-electron chi connectivity index (χ3n) is 3.93. The van der Waals surface area contributed by atoms with Crippen LogP contribution >= 0.6 is 0 Å². The Labute approximate surface area is 124 Å². The van der Waals surface area contributed by atoms with E-state index in [0.717, 1.165) is 25.9 Å². The fourth-order valence-electron chi connectivity index (χ4n) is 2.69. The monoisotopic (exact) mass is 295 g/mol. The molecule has 0 unspecified atom stereocenters. The van der Waals surface area contributed by atoms with Gasteiger partial charge in [-0.05, 0) is 30.9 Å². The second-order valence-corrected chi connectivity index (χ2v) is 5.37. The van der Waals surface area contributed by atoms with E-state index >= 15 is 0 Å². The minimum Gasteiger partial charge on any atom is -0.392 e. The lowest BCUT2D eigenvalue weighted by Crippen LogP contribution is -2.41. The molecule has 0 aromatic heterocycles. The number of hydrogen-bond acceptors (Lipinski definition) is 3. The number of halogens is 1. The van der Waals surface area contributed by atoms with Gasteiger partial charge in [0.2, 0.25) is 5.91 Å². The van der Waals surface area contributed by atoms with Crippen LogP contribution in [0.1, 0.15) is 37.3 Å². The highest BCUT2D eigenvalue weighted by Crippen LogP contribution is 2.23. The van der Waals surface area contributed by atoms with E-state index in [1.807, 2.05) is 6.92 Å². The van der Waals surface area contributed by atoms with E-state index < -0.39 is 5.82 Å². The summed E-state index contributed by atoms with van der Waals surface area (Å²) in [5.41, 5.74) is 0.944. The van der Waals surface area contributed by atoms with Crippen LogP contribution in [0.3, 0.4) is 0 Å². The smallest absolute Gasteiger partial charge is 0.225 e. The van der Waals surface area contributed by atoms with E-state index in [1.165, 1.54) is 12.1 Å². The van der Waals surface area contributed by atoms with Gasteiger partial charge in [-0.15, -0.1) is 0 Å². The summed E-state index contributed by atoms with van der Waals surface area (Å²) < 4.78 is 19.2. The molecule has 1 fully saturated rings. The molecule has 1 aliphatic rings. The standard InChI is InChI=1S/C16H22FNO3/c1-2-15-13(4-3-7-21-15)16(20)18-9-11-5-6-12(10-19)14(17)8-11/h5-6,8,13,15,19H,2-4,7,9-10H2,1H3,(H,18,20)/t13-,15+/m1/s1. The van der Waals surface area contributed by atoms with Crippen molar-refractivity contribution in [3.8, 4) is 0 Å². The second-order valence-electron chi connectivity index (χ2n) is 5.37. The predicted molar refractivity (Wildman–Crippen MR) is 76.9 cm³/mol. The number of hydrogen-bond donors (Lipinski definition) is 2. The van der Waals surface area contributed by atoms with Crippen molar-refractivity contribution < 1.29 is 19.0 Å². The molecule has 4 nitrogen and oxygen atoms in total. The number of carbonyl (C=O) groups is 1. The minimum atomic E-state index is -0.448. The molecule has 0 radical (unpaired) electrons. The van der Waals surface area contributed by atoms with Crippen molar-refractivity contribution in [1.82, 2.24) is 5.32 Å². The van der Waals surface area contributed by atoms with Crippen molar-refractivity contribution in [2.24, 2.45) is 5.92 Å². The Bertz CT molecular complexity index is 492. The molecule has 5 heteroatoms. The third kappa shape index (κ3) is 4.02. The molecule has 21 heavy (non-hydrogen) atoms. The Morgan fingerprint density at radius 2 is 2.33 bits per heavy atom. The summed E-state index contributed by atoms with van der Waals surface area (Å²) in [6.07, 6.45) is 2.53.